The molecule has 4 aliphatic rings. The highest BCUT2D eigenvalue weighted by atomic mass is 16.1. The molecule has 4 aliphatic carbocycles. The second kappa shape index (κ2) is 11.7. The van der Waals surface area contributed by atoms with Crippen LogP contribution in [0.25, 0.3) is 0 Å². The van der Waals surface area contributed by atoms with Crippen LogP contribution in [0.1, 0.15) is 111 Å². The van der Waals surface area contributed by atoms with E-state index < -0.39 is 0 Å². The Hall–Kier alpha value is -0.830. The molecule has 0 spiro atoms. The maximum atomic E-state index is 12.6. The van der Waals surface area contributed by atoms with Crippen LogP contribution in [0.4, 0.5) is 0 Å². The second-order valence-corrected chi connectivity index (χ2v) is 13.7. The molecular formula is C32H56N2O. The van der Waals surface area contributed by atoms with E-state index in [9.17, 15) is 4.79 Å². The molecule has 200 valence electrons. The van der Waals surface area contributed by atoms with Gasteiger partial charge in [0.25, 0.3) is 0 Å². The summed E-state index contributed by atoms with van der Waals surface area (Å²) in [6.07, 6.45) is 20.6. The van der Waals surface area contributed by atoms with Gasteiger partial charge >= 0.3 is 0 Å². The summed E-state index contributed by atoms with van der Waals surface area (Å²) in [5.41, 5.74) is 1.16. The minimum absolute atomic E-state index is 0.262. The first-order valence-electron chi connectivity index (χ1n) is 15.4. The summed E-state index contributed by atoms with van der Waals surface area (Å²) in [5, 5.41) is 3.19. The highest BCUT2D eigenvalue weighted by Crippen LogP contribution is 2.68. The van der Waals surface area contributed by atoms with Gasteiger partial charge in [0.05, 0.1) is 0 Å². The third-order valence-corrected chi connectivity index (χ3v) is 11.9. The van der Waals surface area contributed by atoms with E-state index in [-0.39, 0.29) is 5.91 Å². The van der Waals surface area contributed by atoms with Crippen molar-refractivity contribution in [1.29, 1.82) is 0 Å². The number of fused-ring (bicyclic) bond motifs is 5. The zero-order valence-electron chi connectivity index (χ0n) is 23.6. The Bertz CT molecular complexity index is 720. The Labute approximate surface area is 217 Å². The number of hydrogen-bond acceptors (Lipinski definition) is 2. The number of nitrogens with one attached hydrogen (secondary N) is 1. The monoisotopic (exact) mass is 484 g/mol. The minimum atomic E-state index is 0.262. The molecular weight excluding hydrogens is 428 g/mol. The minimum Gasteiger partial charge on any atom is -0.356 e. The molecule has 0 aromatic carbocycles. The van der Waals surface area contributed by atoms with Crippen molar-refractivity contribution in [2.75, 3.05) is 26.7 Å². The van der Waals surface area contributed by atoms with Crippen molar-refractivity contribution in [2.45, 2.75) is 111 Å². The van der Waals surface area contributed by atoms with Gasteiger partial charge in [-0.1, -0.05) is 39.7 Å². The van der Waals surface area contributed by atoms with Gasteiger partial charge in [0.1, 0.15) is 0 Å². The maximum absolute atomic E-state index is 12.6. The van der Waals surface area contributed by atoms with E-state index in [4.69, 9.17) is 0 Å². The van der Waals surface area contributed by atoms with Crippen LogP contribution in [-0.4, -0.2) is 37.5 Å². The Balaban J connectivity index is 1.24. The zero-order valence-corrected chi connectivity index (χ0v) is 23.6. The van der Waals surface area contributed by atoms with Crippen molar-refractivity contribution in [3.63, 3.8) is 0 Å². The van der Waals surface area contributed by atoms with Gasteiger partial charge in [0, 0.05) is 19.5 Å². The molecule has 3 nitrogen and oxygen atoms in total. The number of amides is 1. The molecule has 4 rings (SSSR count). The van der Waals surface area contributed by atoms with E-state index in [1.165, 1.54) is 64.2 Å². The molecule has 4 fully saturated rings. The summed E-state index contributed by atoms with van der Waals surface area (Å²) in [6, 6.07) is 0. The molecule has 8 atom stereocenters. The molecule has 0 aromatic rings. The van der Waals surface area contributed by atoms with Crippen LogP contribution in [0.3, 0.4) is 0 Å². The fraction of sp³-hybridized carbons (Fsp3) is 0.906. The van der Waals surface area contributed by atoms with Gasteiger partial charge < -0.3 is 10.2 Å². The third-order valence-electron chi connectivity index (χ3n) is 11.9. The standard InChI is InChI=1S/C32H56N2O/c1-6-7-22-34(5)23-10-21-33-30(35)17-12-24(2)27-15-16-28-26-14-13-25-11-8-9-19-31(25,3)29(26)18-20-32(27,28)4/h6,24-29H,1,7-23H2,2-5H3,(H,33,35)/t24-,25?,26?,27?,28?,29?,31+,32-/m1/s1. The Morgan fingerprint density at radius 3 is 2.63 bits per heavy atom. The predicted octanol–water partition coefficient (Wildman–Crippen LogP) is 7.47. The first kappa shape index (κ1) is 27.2. The second-order valence-electron chi connectivity index (χ2n) is 13.7. The van der Waals surface area contributed by atoms with Gasteiger partial charge in [0.15, 0.2) is 0 Å². The number of nitrogens with zero attached hydrogens (tertiary/aromatic N) is 1. The normalized spacial score (nSPS) is 39.4. The first-order valence-corrected chi connectivity index (χ1v) is 15.4. The summed E-state index contributed by atoms with van der Waals surface area (Å²) in [4.78, 5) is 14.9. The van der Waals surface area contributed by atoms with Crippen molar-refractivity contribution in [2.24, 2.45) is 46.3 Å². The van der Waals surface area contributed by atoms with Crippen LogP contribution in [0.2, 0.25) is 0 Å². The smallest absolute Gasteiger partial charge is 0.220 e. The lowest BCUT2D eigenvalue weighted by atomic mass is 9.44. The third kappa shape index (κ3) is 5.70. The molecule has 5 unspecified atom stereocenters. The molecule has 1 N–H and O–H groups in total. The van der Waals surface area contributed by atoms with Crippen LogP contribution in [0.5, 0.6) is 0 Å². The molecule has 0 aromatic heterocycles. The van der Waals surface area contributed by atoms with E-state index in [1.54, 1.807) is 0 Å². The average molecular weight is 485 g/mol. The number of hydrogen-bond donors (Lipinski definition) is 1. The van der Waals surface area contributed by atoms with Crippen molar-refractivity contribution in [1.82, 2.24) is 10.2 Å². The van der Waals surface area contributed by atoms with E-state index in [0.29, 0.717) is 23.2 Å². The van der Waals surface area contributed by atoms with Crippen molar-refractivity contribution < 1.29 is 4.79 Å². The molecule has 0 saturated heterocycles. The van der Waals surface area contributed by atoms with Gasteiger partial charge in [-0.25, -0.2) is 0 Å². The van der Waals surface area contributed by atoms with Crippen molar-refractivity contribution in [3.8, 4) is 0 Å². The molecule has 4 saturated carbocycles. The van der Waals surface area contributed by atoms with E-state index in [0.717, 1.165) is 68.5 Å². The van der Waals surface area contributed by atoms with Crippen LogP contribution < -0.4 is 5.32 Å². The predicted molar refractivity (Wildman–Crippen MR) is 148 cm³/mol. The molecule has 0 heterocycles. The Morgan fingerprint density at radius 2 is 1.83 bits per heavy atom. The highest BCUT2D eigenvalue weighted by molar-refractivity contribution is 5.75. The van der Waals surface area contributed by atoms with Crippen LogP contribution in [-0.2, 0) is 4.79 Å². The number of carbonyl (C=O) groups is 1. The van der Waals surface area contributed by atoms with Crippen molar-refractivity contribution in [3.05, 3.63) is 12.7 Å². The molecule has 1 amide bonds. The largest absolute Gasteiger partial charge is 0.356 e. The van der Waals surface area contributed by atoms with Gasteiger partial charge in [-0.3, -0.25) is 4.79 Å². The summed E-state index contributed by atoms with van der Waals surface area (Å²) >= 11 is 0. The van der Waals surface area contributed by atoms with Crippen LogP contribution in [0.15, 0.2) is 12.7 Å². The molecule has 35 heavy (non-hydrogen) atoms. The van der Waals surface area contributed by atoms with Crippen molar-refractivity contribution >= 4 is 5.91 Å². The van der Waals surface area contributed by atoms with Gasteiger partial charge in [-0.15, -0.1) is 6.58 Å². The fourth-order valence-corrected chi connectivity index (χ4v) is 9.92. The lowest BCUT2D eigenvalue weighted by Gasteiger charge is -2.61. The Kier molecular flexibility index (Phi) is 9.10. The Morgan fingerprint density at radius 1 is 1.03 bits per heavy atom. The average Bonchev–Trinajstić information content (AvgIpc) is 3.20. The van der Waals surface area contributed by atoms with E-state index in [2.05, 4.69) is 44.6 Å². The van der Waals surface area contributed by atoms with E-state index >= 15 is 0 Å². The van der Waals surface area contributed by atoms with Crippen LogP contribution >= 0.6 is 0 Å². The maximum Gasteiger partial charge on any atom is 0.220 e. The zero-order chi connectivity index (χ0) is 25.1. The topological polar surface area (TPSA) is 32.3 Å². The fourth-order valence-electron chi connectivity index (χ4n) is 9.92. The van der Waals surface area contributed by atoms with Gasteiger partial charge in [-0.05, 0) is 131 Å². The number of rotatable bonds is 11. The lowest BCUT2D eigenvalue weighted by molar-refractivity contribution is -0.122. The SMILES string of the molecule is C=CCCN(C)CCCNC(=O)CC[C@@H](C)C1CCC2C3CCC4CCCC[C@]4(C)C3CC[C@@]21C. The molecule has 3 heteroatoms. The summed E-state index contributed by atoms with van der Waals surface area (Å²) in [6.45, 7) is 14.5. The number of carbonyl (C=O) groups excluding carboxylic acids is 1. The molecule has 0 aliphatic heterocycles. The summed E-state index contributed by atoms with van der Waals surface area (Å²) in [5.74, 6) is 5.69. The highest BCUT2D eigenvalue weighted by Gasteiger charge is 2.60. The molecule has 0 radical (unpaired) electrons. The lowest BCUT2D eigenvalue weighted by Crippen LogP contribution is -2.53. The summed E-state index contributed by atoms with van der Waals surface area (Å²) < 4.78 is 0. The quantitative estimate of drug-likeness (QED) is 0.244. The van der Waals surface area contributed by atoms with Gasteiger partial charge in [0.2, 0.25) is 5.91 Å². The van der Waals surface area contributed by atoms with E-state index in [1.807, 2.05) is 6.08 Å². The first-order chi connectivity index (χ1) is 16.8. The summed E-state index contributed by atoms with van der Waals surface area (Å²) in [7, 11) is 2.15. The van der Waals surface area contributed by atoms with Crippen LogP contribution in [0, 0.1) is 46.3 Å². The van der Waals surface area contributed by atoms with Gasteiger partial charge in [-0.2, -0.15) is 0 Å². The molecule has 0 bridgehead atoms.